The molecule has 0 heterocycles. The van der Waals surface area contributed by atoms with E-state index < -0.39 is 23.7 Å². The maximum atomic E-state index is 15.1. The highest BCUT2D eigenvalue weighted by Gasteiger charge is 2.14. The van der Waals surface area contributed by atoms with Gasteiger partial charge in [-0.3, -0.25) is 9.59 Å². The van der Waals surface area contributed by atoms with E-state index in [0.29, 0.717) is 40.0 Å². The molecular formula is C38H31FO8. The van der Waals surface area contributed by atoms with Crippen LogP contribution in [0.15, 0.2) is 122 Å². The average molecular weight is 635 g/mol. The third-order valence-electron chi connectivity index (χ3n) is 6.70. The van der Waals surface area contributed by atoms with E-state index >= 15 is 4.39 Å². The Morgan fingerprint density at radius 3 is 2.02 bits per heavy atom. The minimum atomic E-state index is -0.696. The lowest BCUT2D eigenvalue weighted by atomic mass is 9.99. The van der Waals surface area contributed by atoms with E-state index in [1.165, 1.54) is 6.07 Å². The first kappa shape index (κ1) is 33.8. The van der Waals surface area contributed by atoms with E-state index in [9.17, 15) is 19.2 Å². The number of carbonyl (C=O) groups excluding carboxylic acids is 4. The fraction of sp³-hybridized carbons (Fsp3) is 0.105. The van der Waals surface area contributed by atoms with Crippen molar-refractivity contribution in [2.24, 2.45) is 0 Å². The van der Waals surface area contributed by atoms with Gasteiger partial charge in [0.1, 0.15) is 30.2 Å². The zero-order chi connectivity index (χ0) is 33.9. The van der Waals surface area contributed by atoms with Crippen LogP contribution >= 0.6 is 0 Å². The van der Waals surface area contributed by atoms with Gasteiger partial charge < -0.3 is 18.9 Å². The Hall–Kier alpha value is -6.09. The first-order valence-electron chi connectivity index (χ1n) is 14.4. The molecule has 0 aliphatic rings. The molecule has 0 fully saturated rings. The monoisotopic (exact) mass is 634 g/mol. The molecule has 4 aromatic rings. The van der Waals surface area contributed by atoms with Crippen molar-refractivity contribution in [1.29, 1.82) is 0 Å². The molecule has 0 N–H and O–H groups in total. The second-order valence-corrected chi connectivity index (χ2v) is 10.4. The fourth-order valence-electron chi connectivity index (χ4n) is 4.23. The van der Waals surface area contributed by atoms with Crippen molar-refractivity contribution in [2.75, 3.05) is 6.61 Å². The zero-order valence-electron chi connectivity index (χ0n) is 25.6. The number of benzene rings is 4. The molecule has 0 radical (unpaired) electrons. The lowest BCUT2D eigenvalue weighted by Gasteiger charge is -2.12. The summed E-state index contributed by atoms with van der Waals surface area (Å²) in [5.41, 5.74) is 3.51. The van der Waals surface area contributed by atoms with E-state index in [4.69, 9.17) is 18.9 Å². The van der Waals surface area contributed by atoms with Crippen LogP contribution in [-0.4, -0.2) is 30.8 Å². The number of aldehydes is 1. The van der Waals surface area contributed by atoms with E-state index in [-0.39, 0.29) is 42.1 Å². The van der Waals surface area contributed by atoms with Crippen LogP contribution in [0.5, 0.6) is 23.0 Å². The summed E-state index contributed by atoms with van der Waals surface area (Å²) in [4.78, 5) is 46.9. The number of carbonyl (C=O) groups is 4. The third kappa shape index (κ3) is 9.45. The second-order valence-electron chi connectivity index (χ2n) is 10.4. The van der Waals surface area contributed by atoms with Crippen LogP contribution in [-0.2, 0) is 25.6 Å². The Kier molecular flexibility index (Phi) is 11.3. The Morgan fingerprint density at radius 2 is 1.40 bits per heavy atom. The van der Waals surface area contributed by atoms with Gasteiger partial charge in [-0.05, 0) is 78.1 Å². The molecule has 0 aromatic heterocycles. The van der Waals surface area contributed by atoms with Crippen LogP contribution in [0.25, 0.3) is 22.3 Å². The van der Waals surface area contributed by atoms with Gasteiger partial charge in [0.2, 0.25) is 0 Å². The number of hydrogen-bond donors (Lipinski definition) is 0. The Labute approximate surface area is 271 Å². The summed E-state index contributed by atoms with van der Waals surface area (Å²) in [5.74, 6) is -1.16. The Balaban J connectivity index is 1.36. The summed E-state index contributed by atoms with van der Waals surface area (Å²) in [6, 6.07) is 22.9. The van der Waals surface area contributed by atoms with Gasteiger partial charge in [0, 0.05) is 29.2 Å². The highest BCUT2D eigenvalue weighted by Crippen LogP contribution is 2.31. The number of hydrogen-bond acceptors (Lipinski definition) is 8. The van der Waals surface area contributed by atoms with Gasteiger partial charge in [-0.25, -0.2) is 14.0 Å². The number of ether oxygens (including phenoxy) is 4. The Morgan fingerprint density at radius 1 is 0.766 bits per heavy atom. The van der Waals surface area contributed by atoms with Gasteiger partial charge in [-0.2, -0.15) is 0 Å². The van der Waals surface area contributed by atoms with Crippen molar-refractivity contribution < 1.29 is 42.5 Å². The topological polar surface area (TPSA) is 105 Å². The van der Waals surface area contributed by atoms with Crippen LogP contribution in [0.4, 0.5) is 4.39 Å². The molecule has 0 aliphatic carbocycles. The predicted molar refractivity (Wildman–Crippen MR) is 175 cm³/mol. The van der Waals surface area contributed by atoms with E-state index in [1.54, 1.807) is 85.8 Å². The molecule has 4 rings (SSSR count). The van der Waals surface area contributed by atoms with Gasteiger partial charge >= 0.3 is 17.9 Å². The molecule has 0 saturated carbocycles. The van der Waals surface area contributed by atoms with Crippen molar-refractivity contribution in [3.8, 4) is 45.3 Å². The van der Waals surface area contributed by atoms with Crippen molar-refractivity contribution in [1.82, 2.24) is 0 Å². The largest absolute Gasteiger partial charge is 0.485 e. The van der Waals surface area contributed by atoms with Gasteiger partial charge in [-0.15, -0.1) is 0 Å². The maximum Gasteiger partial charge on any atom is 0.338 e. The fourth-order valence-corrected chi connectivity index (χ4v) is 4.23. The molecule has 9 heteroatoms. The molecular weight excluding hydrogens is 603 g/mol. The van der Waals surface area contributed by atoms with Gasteiger partial charge in [0.25, 0.3) is 0 Å². The lowest BCUT2D eigenvalue weighted by molar-refractivity contribution is -0.134. The van der Waals surface area contributed by atoms with Crippen molar-refractivity contribution in [3.63, 3.8) is 0 Å². The Bertz CT molecular complexity index is 1840. The molecule has 0 aliphatic heterocycles. The molecule has 0 amide bonds. The standard InChI is InChI=1S/C38H31FO8/c1-5-36(41)47-35-20-26(6-18-34(35)44-23-25(4)22-40)7-19-37(42)45-30-13-8-27(9-14-30)29-12-17-32(33(39)21-29)28-10-15-31(16-11-28)46-38(43)24(2)3/h5-6,8-18,20-22H,1-2,4,7,19,23H2,3H3. The zero-order valence-corrected chi connectivity index (χ0v) is 25.6. The molecule has 47 heavy (non-hydrogen) atoms. The lowest BCUT2D eigenvalue weighted by Crippen LogP contribution is -2.10. The quantitative estimate of drug-likeness (QED) is 0.0612. The van der Waals surface area contributed by atoms with Crippen LogP contribution < -0.4 is 18.9 Å². The van der Waals surface area contributed by atoms with Crippen LogP contribution in [0.3, 0.4) is 0 Å². The van der Waals surface area contributed by atoms with E-state index in [2.05, 4.69) is 19.7 Å². The smallest absolute Gasteiger partial charge is 0.338 e. The maximum absolute atomic E-state index is 15.1. The number of esters is 3. The van der Waals surface area contributed by atoms with Gasteiger partial charge in [0.15, 0.2) is 11.5 Å². The number of halogens is 1. The molecule has 0 spiro atoms. The van der Waals surface area contributed by atoms with Crippen LogP contribution in [0, 0.1) is 5.82 Å². The van der Waals surface area contributed by atoms with Crippen molar-refractivity contribution in [3.05, 3.63) is 133 Å². The van der Waals surface area contributed by atoms with E-state index in [0.717, 1.165) is 11.6 Å². The SMILES string of the molecule is C=CC(=O)Oc1cc(CCC(=O)Oc2ccc(-c3ccc(-c4ccc(OC(=O)C(=C)C)cc4)c(F)c3)cc2)ccc1OCC(=C)C=O. The molecule has 4 aromatic carbocycles. The number of rotatable bonds is 14. The predicted octanol–water partition coefficient (Wildman–Crippen LogP) is 7.40. The molecule has 0 bridgehead atoms. The normalized spacial score (nSPS) is 10.3. The first-order valence-corrected chi connectivity index (χ1v) is 14.4. The number of aryl methyl sites for hydroxylation is 1. The van der Waals surface area contributed by atoms with E-state index in [1.807, 2.05) is 0 Å². The van der Waals surface area contributed by atoms with Gasteiger partial charge in [0.05, 0.1) is 0 Å². The highest BCUT2D eigenvalue weighted by atomic mass is 19.1. The molecule has 0 atom stereocenters. The van der Waals surface area contributed by atoms with Crippen LogP contribution in [0.1, 0.15) is 18.9 Å². The third-order valence-corrected chi connectivity index (χ3v) is 6.70. The average Bonchev–Trinajstić information content (AvgIpc) is 3.07. The minimum absolute atomic E-state index is 0.0305. The molecule has 8 nitrogen and oxygen atoms in total. The molecule has 0 saturated heterocycles. The summed E-state index contributed by atoms with van der Waals surface area (Å²) < 4.78 is 36.5. The van der Waals surface area contributed by atoms with Crippen molar-refractivity contribution >= 4 is 24.2 Å². The summed E-state index contributed by atoms with van der Waals surface area (Å²) in [6.45, 7) is 11.9. The van der Waals surface area contributed by atoms with Gasteiger partial charge in [-0.1, -0.05) is 62.2 Å². The van der Waals surface area contributed by atoms with Crippen molar-refractivity contribution in [2.45, 2.75) is 19.8 Å². The summed E-state index contributed by atoms with van der Waals surface area (Å²) >= 11 is 0. The molecule has 0 unspecified atom stereocenters. The second kappa shape index (κ2) is 15.8. The summed E-state index contributed by atoms with van der Waals surface area (Å²) in [5, 5.41) is 0. The van der Waals surface area contributed by atoms with Crippen LogP contribution in [0.2, 0.25) is 0 Å². The summed E-state index contributed by atoms with van der Waals surface area (Å²) in [6.07, 6.45) is 1.88. The molecule has 238 valence electrons. The summed E-state index contributed by atoms with van der Waals surface area (Å²) in [7, 11) is 0. The highest BCUT2D eigenvalue weighted by molar-refractivity contribution is 5.89. The minimum Gasteiger partial charge on any atom is -0.485 e. The first-order chi connectivity index (χ1) is 22.6.